The molecule has 4 saturated carbocycles. The van der Waals surface area contributed by atoms with Crippen molar-refractivity contribution >= 4 is 0 Å². The second-order valence-corrected chi connectivity index (χ2v) is 6.39. The summed E-state index contributed by atoms with van der Waals surface area (Å²) in [5.74, 6) is 3.28. The van der Waals surface area contributed by atoms with E-state index in [-0.39, 0.29) is 0 Å². The van der Waals surface area contributed by atoms with Crippen LogP contribution in [0.5, 0.6) is 0 Å². The van der Waals surface area contributed by atoms with E-state index < -0.39 is 0 Å². The highest BCUT2D eigenvalue weighted by Crippen LogP contribution is 2.60. The van der Waals surface area contributed by atoms with Gasteiger partial charge in [0.25, 0.3) is 0 Å². The average Bonchev–Trinajstić information content (AvgIpc) is 2.14. The van der Waals surface area contributed by atoms with Crippen LogP contribution in [0.25, 0.3) is 0 Å². The molecule has 0 saturated heterocycles. The predicted octanol–water partition coefficient (Wildman–Crippen LogP) is 2.22. The smallest absolute Gasteiger partial charge is 0.0898 e. The number of hydrogen-bond acceptors (Lipinski definition) is 0. The van der Waals surface area contributed by atoms with E-state index in [1.54, 1.807) is 19.3 Å². The fourth-order valence-corrected chi connectivity index (χ4v) is 5.11. The Bertz CT molecular complexity index is 198. The first-order chi connectivity index (χ1) is 6.72. The van der Waals surface area contributed by atoms with Gasteiger partial charge in [-0.1, -0.05) is 6.92 Å². The zero-order chi connectivity index (χ0) is 9.76. The lowest BCUT2D eigenvalue weighted by atomic mass is 9.47. The first-order valence-corrected chi connectivity index (χ1v) is 6.55. The minimum atomic E-state index is 0.698. The molecule has 0 aromatic carbocycles. The highest BCUT2D eigenvalue weighted by Gasteiger charge is 2.54. The van der Waals surface area contributed by atoms with Gasteiger partial charge in [0, 0.05) is 5.41 Å². The Hall–Kier alpha value is -0.0400. The number of rotatable bonds is 2. The van der Waals surface area contributed by atoms with Gasteiger partial charge in [-0.05, 0) is 62.7 Å². The summed E-state index contributed by atoms with van der Waals surface area (Å²) < 4.78 is 0. The van der Waals surface area contributed by atoms with E-state index in [1.165, 1.54) is 25.7 Å². The van der Waals surface area contributed by atoms with Crippen molar-refractivity contribution in [1.82, 2.24) is 0 Å². The maximum Gasteiger partial charge on any atom is 0.0898 e. The Morgan fingerprint density at radius 2 is 1.50 bits per heavy atom. The van der Waals surface area contributed by atoms with Gasteiger partial charge >= 0.3 is 0 Å². The van der Waals surface area contributed by atoms with Gasteiger partial charge in [-0.25, -0.2) is 0 Å². The summed E-state index contributed by atoms with van der Waals surface area (Å²) in [5, 5.41) is 0. The second-order valence-electron chi connectivity index (χ2n) is 6.39. The SMILES string of the molecule is CC[C@H]([NH3+])C12CC3CC(CC(C3)C1)C2. The molecular weight excluding hydrogens is 170 g/mol. The molecule has 0 amide bonds. The van der Waals surface area contributed by atoms with Crippen molar-refractivity contribution in [2.24, 2.45) is 23.2 Å². The summed E-state index contributed by atoms with van der Waals surface area (Å²) in [4.78, 5) is 0. The van der Waals surface area contributed by atoms with Gasteiger partial charge < -0.3 is 5.73 Å². The van der Waals surface area contributed by atoms with Crippen LogP contribution in [0.4, 0.5) is 0 Å². The van der Waals surface area contributed by atoms with Crippen molar-refractivity contribution in [1.29, 1.82) is 0 Å². The third-order valence-corrected chi connectivity index (χ3v) is 5.44. The largest absolute Gasteiger partial charge is 0.355 e. The molecule has 14 heavy (non-hydrogen) atoms. The first-order valence-electron chi connectivity index (χ1n) is 6.55. The second kappa shape index (κ2) is 2.98. The molecule has 0 aliphatic heterocycles. The molecule has 4 bridgehead atoms. The molecule has 0 unspecified atom stereocenters. The van der Waals surface area contributed by atoms with Gasteiger partial charge in [-0.2, -0.15) is 0 Å². The molecule has 80 valence electrons. The molecule has 0 aromatic heterocycles. The molecular formula is C13H24N+. The Kier molecular flexibility index (Phi) is 1.96. The Labute approximate surface area is 87.4 Å². The fraction of sp³-hybridized carbons (Fsp3) is 1.00. The standard InChI is InChI=1S/C13H23N/c1-2-12(14)13-6-9-3-10(7-13)5-11(4-9)8-13/h9-12H,2-8,14H2,1H3/p+1/t9?,10?,11?,12-,13?/m0/s1. The lowest BCUT2D eigenvalue weighted by molar-refractivity contribution is -0.458. The van der Waals surface area contributed by atoms with Gasteiger partial charge in [0.15, 0.2) is 0 Å². The van der Waals surface area contributed by atoms with E-state index in [4.69, 9.17) is 0 Å². The molecule has 4 fully saturated rings. The van der Waals surface area contributed by atoms with Crippen LogP contribution in [-0.2, 0) is 0 Å². The molecule has 0 aromatic rings. The van der Waals surface area contributed by atoms with Crippen LogP contribution in [-0.4, -0.2) is 6.04 Å². The topological polar surface area (TPSA) is 27.6 Å². The van der Waals surface area contributed by atoms with Crippen molar-refractivity contribution in [2.75, 3.05) is 0 Å². The van der Waals surface area contributed by atoms with Crippen LogP contribution in [0.2, 0.25) is 0 Å². The maximum atomic E-state index is 4.45. The highest BCUT2D eigenvalue weighted by atomic mass is 14.7. The van der Waals surface area contributed by atoms with Crippen molar-refractivity contribution in [3.05, 3.63) is 0 Å². The van der Waals surface area contributed by atoms with Crippen molar-refractivity contribution in [3.8, 4) is 0 Å². The summed E-state index contributed by atoms with van der Waals surface area (Å²) in [7, 11) is 0. The van der Waals surface area contributed by atoms with Crippen LogP contribution in [0, 0.1) is 23.2 Å². The molecule has 4 rings (SSSR count). The maximum absolute atomic E-state index is 4.45. The molecule has 1 atom stereocenters. The Morgan fingerprint density at radius 3 is 1.86 bits per heavy atom. The van der Waals surface area contributed by atoms with Crippen molar-refractivity contribution in [2.45, 2.75) is 57.9 Å². The van der Waals surface area contributed by atoms with Crippen LogP contribution >= 0.6 is 0 Å². The molecule has 4 aliphatic rings. The van der Waals surface area contributed by atoms with Gasteiger partial charge in [-0.3, -0.25) is 0 Å². The van der Waals surface area contributed by atoms with E-state index in [2.05, 4.69) is 12.7 Å². The zero-order valence-corrected chi connectivity index (χ0v) is 9.47. The van der Waals surface area contributed by atoms with E-state index in [0.717, 1.165) is 23.8 Å². The van der Waals surface area contributed by atoms with E-state index >= 15 is 0 Å². The normalized spacial score (nSPS) is 52.3. The lowest BCUT2D eigenvalue weighted by Crippen LogP contribution is -2.71. The summed E-state index contributed by atoms with van der Waals surface area (Å²) >= 11 is 0. The average molecular weight is 194 g/mol. The van der Waals surface area contributed by atoms with Crippen LogP contribution < -0.4 is 5.73 Å². The third-order valence-electron chi connectivity index (χ3n) is 5.44. The van der Waals surface area contributed by atoms with E-state index in [0.29, 0.717) is 5.41 Å². The van der Waals surface area contributed by atoms with E-state index in [9.17, 15) is 0 Å². The molecule has 0 heterocycles. The van der Waals surface area contributed by atoms with Crippen LogP contribution in [0.3, 0.4) is 0 Å². The van der Waals surface area contributed by atoms with Crippen molar-refractivity contribution in [3.63, 3.8) is 0 Å². The monoisotopic (exact) mass is 194 g/mol. The van der Waals surface area contributed by atoms with Crippen molar-refractivity contribution < 1.29 is 5.73 Å². The van der Waals surface area contributed by atoms with Crippen LogP contribution in [0.1, 0.15) is 51.9 Å². The minimum absolute atomic E-state index is 0.698. The Morgan fingerprint density at radius 1 is 1.07 bits per heavy atom. The molecule has 1 nitrogen and oxygen atoms in total. The first kappa shape index (κ1) is 9.21. The minimum Gasteiger partial charge on any atom is -0.355 e. The number of hydrogen-bond donors (Lipinski definition) is 1. The zero-order valence-electron chi connectivity index (χ0n) is 9.47. The van der Waals surface area contributed by atoms with Gasteiger partial charge in [0.05, 0.1) is 6.04 Å². The molecule has 4 aliphatic carbocycles. The number of quaternary nitrogens is 1. The van der Waals surface area contributed by atoms with Gasteiger partial charge in [-0.15, -0.1) is 0 Å². The molecule has 3 N–H and O–H groups in total. The summed E-state index contributed by atoms with van der Waals surface area (Å²) in [6, 6.07) is 0.746. The predicted molar refractivity (Wildman–Crippen MR) is 57.6 cm³/mol. The third kappa shape index (κ3) is 1.18. The summed E-state index contributed by atoms with van der Waals surface area (Å²) in [6.07, 6.45) is 10.6. The van der Waals surface area contributed by atoms with E-state index in [1.807, 2.05) is 0 Å². The molecule has 1 heteroatoms. The van der Waals surface area contributed by atoms with Gasteiger partial charge in [0.2, 0.25) is 0 Å². The Balaban J connectivity index is 1.87. The van der Waals surface area contributed by atoms with Gasteiger partial charge in [0.1, 0.15) is 0 Å². The summed E-state index contributed by atoms with van der Waals surface area (Å²) in [5.41, 5.74) is 5.14. The summed E-state index contributed by atoms with van der Waals surface area (Å²) in [6.45, 7) is 2.33. The quantitative estimate of drug-likeness (QED) is 0.698. The fourth-order valence-electron chi connectivity index (χ4n) is 5.11. The molecule has 0 spiro atoms. The molecule has 0 radical (unpaired) electrons. The lowest BCUT2D eigenvalue weighted by Gasteiger charge is -2.57. The van der Waals surface area contributed by atoms with Crippen LogP contribution in [0.15, 0.2) is 0 Å². The highest BCUT2D eigenvalue weighted by molar-refractivity contribution is 5.03.